The van der Waals surface area contributed by atoms with Gasteiger partial charge in [0, 0.05) is 12.1 Å². The van der Waals surface area contributed by atoms with Crippen LogP contribution in [0.1, 0.15) is 0 Å². The summed E-state index contributed by atoms with van der Waals surface area (Å²) in [6.45, 7) is 0. The van der Waals surface area contributed by atoms with E-state index < -0.39 is 20.7 Å². The highest BCUT2D eigenvalue weighted by Crippen LogP contribution is 2.42. The molecule has 0 aromatic heterocycles. The summed E-state index contributed by atoms with van der Waals surface area (Å²) in [4.78, 5) is 9.66. The smallest absolute Gasteiger partial charge is 0.270 e. The number of benzene rings is 2. The maximum absolute atomic E-state index is 12.3. The second kappa shape index (κ2) is 6.40. The van der Waals surface area contributed by atoms with Crippen LogP contribution in [0.2, 0.25) is 15.1 Å². The zero-order chi connectivity index (χ0) is 17.4. The number of nitrogens with one attached hydrogen (secondary N) is 1. The number of phenols is 1. The number of anilines is 1. The number of sulfonamides is 1. The number of phenolic OH excluding ortho intramolecular Hbond substituents is 1. The van der Waals surface area contributed by atoms with Gasteiger partial charge in [0.25, 0.3) is 15.7 Å². The molecule has 0 aliphatic heterocycles. The molecule has 11 heteroatoms. The molecule has 0 bridgehead atoms. The molecule has 23 heavy (non-hydrogen) atoms. The molecule has 0 spiro atoms. The van der Waals surface area contributed by atoms with Crippen molar-refractivity contribution in [3.63, 3.8) is 0 Å². The van der Waals surface area contributed by atoms with Gasteiger partial charge in [-0.1, -0.05) is 40.9 Å². The Kier molecular flexibility index (Phi) is 4.90. The van der Waals surface area contributed by atoms with Gasteiger partial charge in [-0.2, -0.15) is 0 Å². The number of nitrogens with zero attached hydrogens (tertiary/aromatic N) is 1. The van der Waals surface area contributed by atoms with E-state index >= 15 is 0 Å². The third kappa shape index (κ3) is 3.61. The van der Waals surface area contributed by atoms with Crippen molar-refractivity contribution in [2.24, 2.45) is 0 Å². The van der Waals surface area contributed by atoms with Gasteiger partial charge in [-0.25, -0.2) is 8.42 Å². The van der Waals surface area contributed by atoms with E-state index in [0.29, 0.717) is 0 Å². The largest absolute Gasteiger partial charge is 0.505 e. The van der Waals surface area contributed by atoms with Gasteiger partial charge in [-0.05, 0) is 12.1 Å². The van der Waals surface area contributed by atoms with E-state index in [1.807, 2.05) is 0 Å². The average molecular weight is 398 g/mol. The number of aromatic hydroxyl groups is 1. The van der Waals surface area contributed by atoms with Crippen molar-refractivity contribution >= 4 is 56.2 Å². The Morgan fingerprint density at radius 3 is 2.39 bits per heavy atom. The summed E-state index contributed by atoms with van der Waals surface area (Å²) in [6, 6.07) is 5.51. The fourth-order valence-corrected chi connectivity index (χ4v) is 3.43. The molecule has 0 radical (unpaired) electrons. The molecule has 0 saturated heterocycles. The standard InChI is InChI=1S/C12H7Cl3N2O5S/c13-8-5-9(10(14)11(15)12(8)18)16-23(21,22)7-3-1-2-6(4-7)17(19)20/h1-5,16,18H. The fraction of sp³-hybridized carbons (Fsp3) is 0. The molecule has 2 aromatic rings. The summed E-state index contributed by atoms with van der Waals surface area (Å²) in [7, 11) is -4.18. The number of nitro benzene ring substituents is 1. The van der Waals surface area contributed by atoms with Crippen molar-refractivity contribution in [1.82, 2.24) is 0 Å². The number of rotatable bonds is 4. The first-order chi connectivity index (χ1) is 10.6. The van der Waals surface area contributed by atoms with Gasteiger partial charge < -0.3 is 5.11 Å². The van der Waals surface area contributed by atoms with Crippen LogP contribution in [-0.2, 0) is 10.0 Å². The van der Waals surface area contributed by atoms with Crippen LogP contribution >= 0.6 is 34.8 Å². The molecule has 0 aliphatic carbocycles. The predicted octanol–water partition coefficient (Wildman–Crippen LogP) is 4.06. The lowest BCUT2D eigenvalue weighted by molar-refractivity contribution is -0.385. The number of halogens is 3. The first-order valence-electron chi connectivity index (χ1n) is 5.77. The summed E-state index contributed by atoms with van der Waals surface area (Å²) in [5.74, 6) is -0.489. The van der Waals surface area contributed by atoms with Crippen molar-refractivity contribution in [1.29, 1.82) is 0 Å². The van der Waals surface area contributed by atoms with Crippen LogP contribution in [0.4, 0.5) is 11.4 Å². The molecule has 122 valence electrons. The minimum absolute atomic E-state index is 0.175. The van der Waals surface area contributed by atoms with E-state index in [9.17, 15) is 23.6 Å². The highest BCUT2D eigenvalue weighted by molar-refractivity contribution is 7.92. The third-order valence-corrected chi connectivity index (χ3v) is 5.23. The normalized spacial score (nSPS) is 11.3. The molecule has 7 nitrogen and oxygen atoms in total. The van der Waals surface area contributed by atoms with Gasteiger partial charge in [0.2, 0.25) is 0 Å². The van der Waals surface area contributed by atoms with E-state index in [2.05, 4.69) is 4.72 Å². The van der Waals surface area contributed by atoms with Crippen LogP contribution in [0.25, 0.3) is 0 Å². The Labute approximate surface area is 145 Å². The topological polar surface area (TPSA) is 110 Å². The maximum atomic E-state index is 12.3. The zero-order valence-corrected chi connectivity index (χ0v) is 14.0. The Hall–Kier alpha value is -1.74. The Morgan fingerprint density at radius 1 is 1.13 bits per heavy atom. The van der Waals surface area contributed by atoms with Gasteiger partial charge in [0.15, 0.2) is 5.75 Å². The van der Waals surface area contributed by atoms with Crippen LogP contribution < -0.4 is 4.72 Å². The molecule has 0 fully saturated rings. The van der Waals surface area contributed by atoms with Gasteiger partial charge in [-0.15, -0.1) is 0 Å². The van der Waals surface area contributed by atoms with E-state index in [-0.39, 0.29) is 31.3 Å². The molecule has 0 unspecified atom stereocenters. The van der Waals surface area contributed by atoms with Crippen molar-refractivity contribution < 1.29 is 18.4 Å². The monoisotopic (exact) mass is 396 g/mol. The first kappa shape index (κ1) is 17.6. The van der Waals surface area contributed by atoms with Crippen molar-refractivity contribution in [2.45, 2.75) is 4.90 Å². The van der Waals surface area contributed by atoms with E-state index in [4.69, 9.17) is 34.8 Å². The van der Waals surface area contributed by atoms with Gasteiger partial charge in [-0.3, -0.25) is 14.8 Å². The second-order valence-electron chi connectivity index (χ2n) is 4.24. The van der Waals surface area contributed by atoms with Crippen molar-refractivity contribution in [3.8, 4) is 5.75 Å². The molecule has 2 N–H and O–H groups in total. The zero-order valence-electron chi connectivity index (χ0n) is 11.0. The van der Waals surface area contributed by atoms with Crippen LogP contribution in [0.3, 0.4) is 0 Å². The van der Waals surface area contributed by atoms with Crippen LogP contribution in [0.5, 0.6) is 5.75 Å². The summed E-state index contributed by atoms with van der Waals surface area (Å²) < 4.78 is 26.7. The lowest BCUT2D eigenvalue weighted by atomic mass is 10.3. The van der Waals surface area contributed by atoms with E-state index in [1.54, 1.807) is 0 Å². The molecule has 0 saturated carbocycles. The van der Waals surface area contributed by atoms with Gasteiger partial charge >= 0.3 is 0 Å². The molecule has 2 rings (SSSR count). The SMILES string of the molecule is O=[N+]([O-])c1cccc(S(=O)(=O)Nc2cc(Cl)c(O)c(Cl)c2Cl)c1. The highest BCUT2D eigenvalue weighted by Gasteiger charge is 2.21. The molecular weight excluding hydrogens is 391 g/mol. The number of hydrogen-bond acceptors (Lipinski definition) is 5. The quantitative estimate of drug-likeness (QED) is 0.350. The summed E-state index contributed by atoms with van der Waals surface area (Å²) in [5.41, 5.74) is -0.563. The highest BCUT2D eigenvalue weighted by atomic mass is 35.5. The average Bonchev–Trinajstić information content (AvgIpc) is 2.50. The number of nitro groups is 1. The molecule has 2 aromatic carbocycles. The summed E-state index contributed by atoms with van der Waals surface area (Å²) in [6.07, 6.45) is 0. The van der Waals surface area contributed by atoms with Gasteiger partial charge in [0.1, 0.15) is 5.02 Å². The van der Waals surface area contributed by atoms with E-state index in [0.717, 1.165) is 18.2 Å². The third-order valence-electron chi connectivity index (χ3n) is 2.72. The fourth-order valence-electron chi connectivity index (χ4n) is 1.63. The van der Waals surface area contributed by atoms with Crippen LogP contribution in [0, 0.1) is 10.1 Å². The molecular formula is C12H7Cl3N2O5S. The number of hydrogen-bond donors (Lipinski definition) is 2. The van der Waals surface area contributed by atoms with Gasteiger partial charge in [0.05, 0.1) is 25.6 Å². The summed E-state index contributed by atoms with van der Waals surface area (Å²) in [5, 5.41) is 19.5. The van der Waals surface area contributed by atoms with Crippen molar-refractivity contribution in [2.75, 3.05) is 4.72 Å². The lowest BCUT2D eigenvalue weighted by Gasteiger charge is -2.12. The van der Waals surface area contributed by atoms with Crippen LogP contribution in [-0.4, -0.2) is 18.4 Å². The van der Waals surface area contributed by atoms with Crippen LogP contribution in [0.15, 0.2) is 35.2 Å². The number of non-ortho nitro benzene ring substituents is 1. The predicted molar refractivity (Wildman–Crippen MR) is 87.0 cm³/mol. The Bertz CT molecular complexity index is 902. The first-order valence-corrected chi connectivity index (χ1v) is 8.39. The molecule has 0 heterocycles. The Morgan fingerprint density at radius 2 is 1.78 bits per heavy atom. The molecule has 0 aliphatic rings. The van der Waals surface area contributed by atoms with E-state index in [1.165, 1.54) is 12.1 Å². The second-order valence-corrected chi connectivity index (χ2v) is 7.09. The maximum Gasteiger partial charge on any atom is 0.270 e. The molecule has 0 amide bonds. The molecule has 0 atom stereocenters. The van der Waals surface area contributed by atoms with Crippen molar-refractivity contribution in [3.05, 3.63) is 55.5 Å². The Balaban J connectivity index is 2.47. The minimum Gasteiger partial charge on any atom is -0.505 e. The summed E-state index contributed by atoms with van der Waals surface area (Å²) >= 11 is 17.3. The lowest BCUT2D eigenvalue weighted by Crippen LogP contribution is -2.13. The minimum atomic E-state index is -4.18.